The summed E-state index contributed by atoms with van der Waals surface area (Å²) in [4.78, 5) is 47.1. The van der Waals surface area contributed by atoms with Gasteiger partial charge >= 0.3 is 0 Å². The van der Waals surface area contributed by atoms with Gasteiger partial charge in [-0.2, -0.15) is 0 Å². The van der Waals surface area contributed by atoms with E-state index in [4.69, 9.17) is 9.84 Å². The van der Waals surface area contributed by atoms with Crippen molar-refractivity contribution in [1.29, 1.82) is 0 Å². The number of aliphatic hydroxyl groups excluding tert-OH is 1. The summed E-state index contributed by atoms with van der Waals surface area (Å²) < 4.78 is 6.71. The third kappa shape index (κ3) is 4.74. The molecular weight excluding hydrogens is 458 g/mol. The van der Waals surface area contributed by atoms with Gasteiger partial charge in [-0.05, 0) is 53.4 Å². The largest absolute Gasteiger partial charge is 0.396 e. The Morgan fingerprint density at radius 1 is 1.11 bits per heavy atom. The van der Waals surface area contributed by atoms with Crippen LogP contribution in [0.3, 0.4) is 0 Å². The average Bonchev–Trinajstić information content (AvgIpc) is 3.36. The molecule has 1 N–H and O–H groups in total. The minimum Gasteiger partial charge on any atom is -0.396 e. The van der Waals surface area contributed by atoms with Gasteiger partial charge in [-0.1, -0.05) is 25.0 Å². The standard InChI is InChI=1S/C28H45N3O5/c1-8-16-29(7)23(33)20-21-24(34)30(18-12-10-11-13-19-32)22(28(21)15-14-27(20,6)36-28)25(35)31(17-9-2)26(3,4)5/h8-9,20-22,32H,1-2,10-19H2,3-7H3/t20-,21+,22?,27+,28?/m1/s1. The lowest BCUT2D eigenvalue weighted by molar-refractivity contribution is -0.155. The molecule has 3 amide bonds. The van der Waals surface area contributed by atoms with Gasteiger partial charge in [0.1, 0.15) is 11.6 Å². The van der Waals surface area contributed by atoms with E-state index in [9.17, 15) is 14.4 Å². The van der Waals surface area contributed by atoms with Crippen LogP contribution in [0.1, 0.15) is 66.2 Å². The SMILES string of the molecule is C=CCN(C)C(=O)[C@H]1[C@H]2C(=O)N(CCCCCCO)C(C(=O)N(CC=C)C(C)(C)C)C23CC[C@]1(C)O3. The minimum atomic E-state index is -1.02. The van der Waals surface area contributed by atoms with Crippen molar-refractivity contribution in [1.82, 2.24) is 14.7 Å². The Kier molecular flexibility index (Phi) is 8.40. The molecule has 36 heavy (non-hydrogen) atoms. The molecule has 0 aromatic heterocycles. The van der Waals surface area contributed by atoms with Crippen molar-refractivity contribution >= 4 is 17.7 Å². The van der Waals surface area contributed by atoms with Crippen molar-refractivity contribution < 1.29 is 24.2 Å². The maximum atomic E-state index is 14.3. The lowest BCUT2D eigenvalue weighted by atomic mass is 9.66. The molecule has 1 spiro atoms. The van der Waals surface area contributed by atoms with Gasteiger partial charge in [0.2, 0.25) is 17.7 Å². The molecule has 0 radical (unpaired) electrons. The summed E-state index contributed by atoms with van der Waals surface area (Å²) in [5.41, 5.74) is -2.28. The van der Waals surface area contributed by atoms with E-state index in [1.54, 1.807) is 33.9 Å². The van der Waals surface area contributed by atoms with Gasteiger partial charge in [0.15, 0.2) is 0 Å². The highest BCUT2D eigenvalue weighted by Gasteiger charge is 2.78. The number of aliphatic hydroxyl groups is 1. The molecule has 3 aliphatic heterocycles. The number of ether oxygens (including phenoxy) is 1. The highest BCUT2D eigenvalue weighted by Crippen LogP contribution is 2.63. The van der Waals surface area contributed by atoms with Crippen LogP contribution in [0.2, 0.25) is 0 Å². The summed E-state index contributed by atoms with van der Waals surface area (Å²) in [5, 5.41) is 9.11. The normalized spacial score (nSPS) is 30.9. The van der Waals surface area contributed by atoms with E-state index in [2.05, 4.69) is 13.2 Å². The number of likely N-dealkylation sites (tertiary alicyclic amines) is 1. The van der Waals surface area contributed by atoms with Gasteiger partial charge in [-0.3, -0.25) is 14.4 Å². The quantitative estimate of drug-likeness (QED) is 0.327. The van der Waals surface area contributed by atoms with E-state index in [1.165, 1.54) is 0 Å². The van der Waals surface area contributed by atoms with Gasteiger partial charge in [0.25, 0.3) is 0 Å². The highest BCUT2D eigenvalue weighted by atomic mass is 16.5. The summed E-state index contributed by atoms with van der Waals surface area (Å²) in [6, 6.07) is -0.781. The molecule has 3 fully saturated rings. The smallest absolute Gasteiger partial charge is 0.249 e. The first-order valence-corrected chi connectivity index (χ1v) is 13.3. The Bertz CT molecular complexity index is 883. The molecule has 3 aliphatic rings. The van der Waals surface area contributed by atoms with Crippen LogP contribution in [-0.2, 0) is 19.1 Å². The molecule has 8 nitrogen and oxygen atoms in total. The number of nitrogens with zero attached hydrogens (tertiary/aromatic N) is 3. The van der Waals surface area contributed by atoms with E-state index in [0.717, 1.165) is 19.3 Å². The maximum absolute atomic E-state index is 14.3. The fourth-order valence-electron chi connectivity index (χ4n) is 6.56. The van der Waals surface area contributed by atoms with Gasteiger partial charge in [-0.25, -0.2) is 0 Å². The molecule has 0 aromatic rings. The van der Waals surface area contributed by atoms with Crippen molar-refractivity contribution in [3.8, 4) is 0 Å². The molecule has 3 heterocycles. The second-order valence-corrected chi connectivity index (χ2v) is 11.8. The number of fused-ring (bicyclic) bond motifs is 1. The van der Waals surface area contributed by atoms with Crippen molar-refractivity contribution in [2.45, 2.75) is 89.0 Å². The second kappa shape index (κ2) is 10.7. The topological polar surface area (TPSA) is 90.4 Å². The molecule has 0 aromatic carbocycles. The third-order valence-electron chi connectivity index (χ3n) is 8.25. The van der Waals surface area contributed by atoms with Crippen LogP contribution in [0.5, 0.6) is 0 Å². The van der Waals surface area contributed by atoms with E-state index in [1.807, 2.05) is 27.7 Å². The number of hydrogen-bond donors (Lipinski definition) is 1. The molecule has 3 saturated heterocycles. The molecule has 0 aliphatic carbocycles. The van der Waals surface area contributed by atoms with Crippen molar-refractivity contribution in [2.24, 2.45) is 11.8 Å². The fraction of sp³-hybridized carbons (Fsp3) is 0.750. The summed E-state index contributed by atoms with van der Waals surface area (Å²) in [7, 11) is 1.72. The molecule has 5 atom stereocenters. The summed E-state index contributed by atoms with van der Waals surface area (Å²) in [6.07, 6.45) is 7.72. The van der Waals surface area contributed by atoms with Crippen LogP contribution in [0.15, 0.2) is 25.3 Å². The molecular formula is C28H45N3O5. The van der Waals surface area contributed by atoms with Crippen molar-refractivity contribution in [2.75, 3.05) is 33.3 Å². The molecule has 8 heteroatoms. The predicted octanol–water partition coefficient (Wildman–Crippen LogP) is 2.76. The first-order chi connectivity index (χ1) is 16.9. The number of amides is 3. The van der Waals surface area contributed by atoms with Gasteiger partial charge in [0.05, 0.1) is 17.4 Å². The average molecular weight is 504 g/mol. The second-order valence-electron chi connectivity index (χ2n) is 11.8. The predicted molar refractivity (Wildman–Crippen MR) is 139 cm³/mol. The van der Waals surface area contributed by atoms with Crippen LogP contribution in [-0.4, -0.2) is 93.6 Å². The number of hydrogen-bond acceptors (Lipinski definition) is 5. The van der Waals surface area contributed by atoms with Crippen molar-refractivity contribution in [3.63, 3.8) is 0 Å². The minimum absolute atomic E-state index is 0.132. The molecule has 2 unspecified atom stereocenters. The van der Waals surface area contributed by atoms with Crippen LogP contribution in [0.4, 0.5) is 0 Å². The lowest BCUT2D eigenvalue weighted by Gasteiger charge is -2.42. The zero-order chi connectivity index (χ0) is 26.9. The summed E-state index contributed by atoms with van der Waals surface area (Å²) in [5.74, 6) is -1.76. The third-order valence-corrected chi connectivity index (χ3v) is 8.25. The summed E-state index contributed by atoms with van der Waals surface area (Å²) in [6.45, 7) is 16.8. The van der Waals surface area contributed by atoms with Gasteiger partial charge < -0.3 is 24.5 Å². The zero-order valence-electron chi connectivity index (χ0n) is 22.8. The Balaban J connectivity index is 2.03. The van der Waals surface area contributed by atoms with Crippen LogP contribution in [0.25, 0.3) is 0 Å². The Morgan fingerprint density at radius 3 is 2.33 bits per heavy atom. The number of carbonyl (C=O) groups excluding carboxylic acids is 3. The fourth-order valence-corrected chi connectivity index (χ4v) is 6.56. The molecule has 0 saturated carbocycles. The van der Waals surface area contributed by atoms with Crippen LogP contribution < -0.4 is 0 Å². The number of rotatable bonds is 12. The van der Waals surface area contributed by atoms with Crippen LogP contribution in [0, 0.1) is 11.8 Å². The Hall–Kier alpha value is -2.19. The van der Waals surface area contributed by atoms with E-state index in [-0.39, 0.29) is 24.3 Å². The van der Waals surface area contributed by atoms with E-state index >= 15 is 0 Å². The molecule has 202 valence electrons. The monoisotopic (exact) mass is 503 g/mol. The Morgan fingerprint density at radius 2 is 1.75 bits per heavy atom. The Labute approximate surface area is 216 Å². The van der Waals surface area contributed by atoms with Crippen LogP contribution >= 0.6 is 0 Å². The maximum Gasteiger partial charge on any atom is 0.249 e. The van der Waals surface area contributed by atoms with Gasteiger partial charge in [-0.15, -0.1) is 13.2 Å². The molecule has 3 rings (SSSR count). The first-order valence-electron chi connectivity index (χ1n) is 13.3. The molecule has 2 bridgehead atoms. The zero-order valence-corrected chi connectivity index (χ0v) is 22.8. The van der Waals surface area contributed by atoms with Crippen molar-refractivity contribution in [3.05, 3.63) is 25.3 Å². The lowest BCUT2D eigenvalue weighted by Crippen LogP contribution is -2.60. The summed E-state index contributed by atoms with van der Waals surface area (Å²) >= 11 is 0. The number of unbranched alkanes of at least 4 members (excludes halogenated alkanes) is 3. The first kappa shape index (κ1) is 28.4. The number of likely N-dealkylation sites (N-methyl/N-ethyl adjacent to an activating group) is 1. The number of carbonyl (C=O) groups is 3. The van der Waals surface area contributed by atoms with Gasteiger partial charge in [0, 0.05) is 38.8 Å². The van der Waals surface area contributed by atoms with E-state index < -0.39 is 34.6 Å². The highest BCUT2D eigenvalue weighted by molar-refractivity contribution is 5.99. The van der Waals surface area contributed by atoms with E-state index in [0.29, 0.717) is 38.9 Å².